The lowest BCUT2D eigenvalue weighted by Gasteiger charge is -2.07. The Bertz CT molecular complexity index is 519. The lowest BCUT2D eigenvalue weighted by molar-refractivity contribution is 0.464. The molecule has 0 radical (unpaired) electrons. The molecule has 1 aromatic heterocycles. The Hall–Kier alpha value is -1.46. The minimum absolute atomic E-state index is 0.106. The maximum Gasteiger partial charge on any atom is 0.247 e. The number of nitrogen functional groups attached to an aromatic ring is 1. The van der Waals surface area contributed by atoms with Gasteiger partial charge in [0.15, 0.2) is 0 Å². The first-order valence-electron chi connectivity index (χ1n) is 4.79. The standard InChI is InChI=1S/C11H10ClN3OS/c1-17-8-4-2-7(3-5-8)16-10-9(13)6-14-11(12)15-10/h2-6H,13H2,1H3. The lowest BCUT2D eigenvalue weighted by Crippen LogP contribution is -1.96. The summed E-state index contributed by atoms with van der Waals surface area (Å²) in [6.07, 6.45) is 3.43. The topological polar surface area (TPSA) is 61.0 Å². The fraction of sp³-hybridized carbons (Fsp3) is 0.0909. The smallest absolute Gasteiger partial charge is 0.247 e. The number of anilines is 1. The summed E-state index contributed by atoms with van der Waals surface area (Å²) in [5.41, 5.74) is 6.03. The van der Waals surface area contributed by atoms with Crippen molar-refractivity contribution in [2.45, 2.75) is 4.90 Å². The molecule has 6 heteroatoms. The number of ether oxygens (including phenoxy) is 1. The molecular weight excluding hydrogens is 258 g/mol. The maximum absolute atomic E-state index is 5.68. The van der Waals surface area contributed by atoms with Crippen LogP contribution in [-0.4, -0.2) is 16.2 Å². The first kappa shape index (κ1) is 12.0. The summed E-state index contributed by atoms with van der Waals surface area (Å²) in [5, 5.41) is 0.106. The van der Waals surface area contributed by atoms with Crippen molar-refractivity contribution < 1.29 is 4.74 Å². The normalized spacial score (nSPS) is 10.2. The highest BCUT2D eigenvalue weighted by atomic mass is 35.5. The van der Waals surface area contributed by atoms with Gasteiger partial charge in [-0.05, 0) is 42.1 Å². The molecule has 0 amide bonds. The van der Waals surface area contributed by atoms with E-state index in [1.54, 1.807) is 11.8 Å². The molecule has 0 atom stereocenters. The molecule has 0 bridgehead atoms. The summed E-state index contributed by atoms with van der Waals surface area (Å²) >= 11 is 7.33. The van der Waals surface area contributed by atoms with Crippen LogP contribution in [0.4, 0.5) is 5.69 Å². The van der Waals surface area contributed by atoms with Crippen LogP contribution in [-0.2, 0) is 0 Å². The Morgan fingerprint density at radius 1 is 1.29 bits per heavy atom. The number of halogens is 1. The molecule has 0 unspecified atom stereocenters. The zero-order valence-corrected chi connectivity index (χ0v) is 10.6. The molecule has 1 heterocycles. The Morgan fingerprint density at radius 2 is 2.00 bits per heavy atom. The van der Waals surface area contributed by atoms with E-state index in [-0.39, 0.29) is 11.2 Å². The zero-order valence-electron chi connectivity index (χ0n) is 9.05. The predicted molar refractivity (Wildman–Crippen MR) is 69.8 cm³/mol. The number of benzene rings is 1. The Morgan fingerprint density at radius 3 is 2.65 bits per heavy atom. The van der Waals surface area contributed by atoms with Crippen molar-refractivity contribution in [3.8, 4) is 11.6 Å². The van der Waals surface area contributed by atoms with Gasteiger partial charge in [-0.15, -0.1) is 11.8 Å². The van der Waals surface area contributed by atoms with Gasteiger partial charge in [-0.25, -0.2) is 4.98 Å². The second-order valence-electron chi connectivity index (χ2n) is 3.18. The van der Waals surface area contributed by atoms with Crippen LogP contribution in [0.15, 0.2) is 35.4 Å². The lowest BCUT2D eigenvalue weighted by atomic mass is 10.3. The van der Waals surface area contributed by atoms with Gasteiger partial charge in [-0.1, -0.05) is 0 Å². The molecule has 2 aromatic rings. The molecule has 0 fully saturated rings. The largest absolute Gasteiger partial charge is 0.437 e. The molecule has 0 saturated carbocycles. The monoisotopic (exact) mass is 267 g/mol. The highest BCUT2D eigenvalue weighted by molar-refractivity contribution is 7.98. The number of nitrogens with two attached hydrogens (primary N) is 1. The van der Waals surface area contributed by atoms with Crippen molar-refractivity contribution in [2.75, 3.05) is 12.0 Å². The predicted octanol–water partition coefficient (Wildman–Crippen LogP) is 3.23. The average Bonchev–Trinajstić information content (AvgIpc) is 2.35. The molecule has 4 nitrogen and oxygen atoms in total. The molecule has 2 N–H and O–H groups in total. The number of hydrogen-bond acceptors (Lipinski definition) is 5. The summed E-state index contributed by atoms with van der Waals surface area (Å²) in [6, 6.07) is 7.61. The minimum atomic E-state index is 0.106. The molecule has 0 aliphatic heterocycles. The summed E-state index contributed by atoms with van der Waals surface area (Å²) in [4.78, 5) is 8.83. The van der Waals surface area contributed by atoms with Gasteiger partial charge in [-0.2, -0.15) is 4.98 Å². The molecule has 0 aliphatic rings. The number of hydrogen-bond donors (Lipinski definition) is 1. The van der Waals surface area contributed by atoms with E-state index in [2.05, 4.69) is 9.97 Å². The van der Waals surface area contributed by atoms with E-state index in [0.29, 0.717) is 11.4 Å². The van der Waals surface area contributed by atoms with Crippen LogP contribution < -0.4 is 10.5 Å². The molecule has 2 rings (SSSR count). The van der Waals surface area contributed by atoms with Crippen molar-refractivity contribution in [1.82, 2.24) is 9.97 Å². The first-order chi connectivity index (χ1) is 8.19. The van der Waals surface area contributed by atoms with Gasteiger partial charge < -0.3 is 10.5 Å². The second-order valence-corrected chi connectivity index (χ2v) is 4.39. The molecule has 88 valence electrons. The van der Waals surface area contributed by atoms with Crippen molar-refractivity contribution in [3.05, 3.63) is 35.7 Å². The van der Waals surface area contributed by atoms with E-state index in [1.165, 1.54) is 6.20 Å². The van der Waals surface area contributed by atoms with Crippen LogP contribution in [0.1, 0.15) is 0 Å². The van der Waals surface area contributed by atoms with Crippen LogP contribution >= 0.6 is 23.4 Å². The SMILES string of the molecule is CSc1ccc(Oc2nc(Cl)ncc2N)cc1. The van der Waals surface area contributed by atoms with Gasteiger partial charge in [0, 0.05) is 4.90 Å². The summed E-state index contributed by atoms with van der Waals surface area (Å²) in [7, 11) is 0. The Balaban J connectivity index is 2.22. The van der Waals surface area contributed by atoms with Crippen LogP contribution in [0.3, 0.4) is 0 Å². The summed E-state index contributed by atoms with van der Waals surface area (Å²) in [6.45, 7) is 0. The maximum atomic E-state index is 5.68. The molecular formula is C11H10ClN3OS. The van der Waals surface area contributed by atoms with E-state index in [0.717, 1.165) is 4.90 Å². The molecule has 0 spiro atoms. The third-order valence-corrected chi connectivity index (χ3v) is 2.95. The number of rotatable bonds is 3. The summed E-state index contributed by atoms with van der Waals surface area (Å²) < 4.78 is 5.52. The van der Waals surface area contributed by atoms with Crippen molar-refractivity contribution >= 4 is 29.1 Å². The number of nitrogens with zero attached hydrogens (tertiary/aromatic N) is 2. The molecule has 17 heavy (non-hydrogen) atoms. The molecule has 0 aliphatic carbocycles. The highest BCUT2D eigenvalue weighted by Gasteiger charge is 2.05. The van der Waals surface area contributed by atoms with Crippen LogP contribution in [0.2, 0.25) is 5.28 Å². The van der Waals surface area contributed by atoms with Crippen molar-refractivity contribution in [1.29, 1.82) is 0 Å². The first-order valence-corrected chi connectivity index (χ1v) is 6.39. The molecule has 1 aromatic carbocycles. The van der Waals surface area contributed by atoms with Crippen LogP contribution in [0.25, 0.3) is 0 Å². The van der Waals surface area contributed by atoms with E-state index < -0.39 is 0 Å². The minimum Gasteiger partial charge on any atom is -0.437 e. The average molecular weight is 268 g/mol. The van der Waals surface area contributed by atoms with Gasteiger partial charge in [-0.3, -0.25) is 0 Å². The number of thioether (sulfide) groups is 1. The van der Waals surface area contributed by atoms with Crippen molar-refractivity contribution in [2.24, 2.45) is 0 Å². The highest BCUT2D eigenvalue weighted by Crippen LogP contribution is 2.27. The third kappa shape index (κ3) is 3.01. The van der Waals surface area contributed by atoms with Crippen LogP contribution in [0, 0.1) is 0 Å². The summed E-state index contributed by atoms with van der Waals surface area (Å²) in [5.74, 6) is 0.922. The van der Waals surface area contributed by atoms with E-state index in [9.17, 15) is 0 Å². The van der Waals surface area contributed by atoms with Gasteiger partial charge >= 0.3 is 0 Å². The second kappa shape index (κ2) is 5.25. The van der Waals surface area contributed by atoms with Gasteiger partial charge in [0.25, 0.3) is 0 Å². The van der Waals surface area contributed by atoms with E-state index >= 15 is 0 Å². The third-order valence-electron chi connectivity index (χ3n) is 2.02. The quantitative estimate of drug-likeness (QED) is 0.683. The van der Waals surface area contributed by atoms with Gasteiger partial charge in [0.1, 0.15) is 11.4 Å². The Labute approximate surface area is 108 Å². The fourth-order valence-electron chi connectivity index (χ4n) is 1.19. The van der Waals surface area contributed by atoms with Gasteiger partial charge in [0.05, 0.1) is 6.20 Å². The number of aromatic nitrogens is 2. The van der Waals surface area contributed by atoms with E-state index in [1.807, 2.05) is 30.5 Å². The van der Waals surface area contributed by atoms with Gasteiger partial charge in [0.2, 0.25) is 11.2 Å². The molecule has 0 saturated heterocycles. The zero-order chi connectivity index (χ0) is 12.3. The van der Waals surface area contributed by atoms with Crippen molar-refractivity contribution in [3.63, 3.8) is 0 Å². The Kier molecular flexibility index (Phi) is 3.71. The van der Waals surface area contributed by atoms with Crippen LogP contribution in [0.5, 0.6) is 11.6 Å². The van der Waals surface area contributed by atoms with E-state index in [4.69, 9.17) is 22.1 Å². The fourth-order valence-corrected chi connectivity index (χ4v) is 1.73.